The molecule has 25 heavy (non-hydrogen) atoms. The van der Waals surface area contributed by atoms with Gasteiger partial charge in [0, 0.05) is 12.2 Å². The first kappa shape index (κ1) is 15.3. The number of benzene rings is 2. The summed E-state index contributed by atoms with van der Waals surface area (Å²) in [6.07, 6.45) is 6.96. The van der Waals surface area contributed by atoms with Crippen molar-refractivity contribution in [1.82, 2.24) is 5.32 Å². The molecular formula is C22H26N2O. The minimum Gasteiger partial charge on any atom is -0.487 e. The van der Waals surface area contributed by atoms with E-state index in [9.17, 15) is 0 Å². The number of ether oxygens (including phenoxy) is 1. The highest BCUT2D eigenvalue weighted by atomic mass is 16.5. The molecule has 3 aliphatic heterocycles. The normalized spacial score (nSPS) is 21.0. The summed E-state index contributed by atoms with van der Waals surface area (Å²) in [6.45, 7) is 3.26. The number of rotatable bonds is 1. The topological polar surface area (TPSA) is 33.3 Å². The molecule has 3 aliphatic rings. The van der Waals surface area contributed by atoms with Crippen molar-refractivity contribution in [2.75, 3.05) is 25.0 Å². The number of aryl methyl sites for hydroxylation is 2. The maximum Gasteiger partial charge on any atom is 0.123 e. The van der Waals surface area contributed by atoms with Crippen LogP contribution in [-0.4, -0.2) is 25.2 Å². The Labute approximate surface area is 149 Å². The SMILES string of the molecule is c1cc2c(cc1-c1ccc3c(c1)CCC1(CCNCC1)O3)CCCN2. The maximum absolute atomic E-state index is 6.49. The van der Waals surface area contributed by atoms with Crippen molar-refractivity contribution in [3.05, 3.63) is 47.5 Å². The quantitative estimate of drug-likeness (QED) is 0.821. The minimum atomic E-state index is 0.0806. The van der Waals surface area contributed by atoms with Crippen LogP contribution >= 0.6 is 0 Å². The van der Waals surface area contributed by atoms with Gasteiger partial charge in [0.05, 0.1) is 0 Å². The molecule has 5 rings (SSSR count). The van der Waals surface area contributed by atoms with Gasteiger partial charge in [-0.2, -0.15) is 0 Å². The monoisotopic (exact) mass is 334 g/mol. The molecule has 3 heteroatoms. The Kier molecular flexibility index (Phi) is 3.70. The highest BCUT2D eigenvalue weighted by Gasteiger charge is 2.37. The molecule has 0 radical (unpaired) electrons. The first-order valence-corrected chi connectivity index (χ1v) is 9.71. The van der Waals surface area contributed by atoms with E-state index in [2.05, 4.69) is 47.0 Å². The highest BCUT2D eigenvalue weighted by Crippen LogP contribution is 2.40. The lowest BCUT2D eigenvalue weighted by Gasteiger charge is -2.41. The second-order valence-electron chi connectivity index (χ2n) is 7.76. The summed E-state index contributed by atoms with van der Waals surface area (Å²) in [5.74, 6) is 1.11. The van der Waals surface area contributed by atoms with Crippen LogP contribution in [0, 0.1) is 0 Å². The Balaban J connectivity index is 1.44. The number of hydrogen-bond donors (Lipinski definition) is 2. The van der Waals surface area contributed by atoms with E-state index in [0.717, 1.165) is 51.1 Å². The lowest BCUT2D eigenvalue weighted by Crippen LogP contribution is -2.48. The summed E-state index contributed by atoms with van der Waals surface area (Å²) in [4.78, 5) is 0. The molecule has 0 aromatic heterocycles. The molecule has 0 atom stereocenters. The molecular weight excluding hydrogens is 308 g/mol. The van der Waals surface area contributed by atoms with Gasteiger partial charge in [0.15, 0.2) is 0 Å². The first-order valence-electron chi connectivity index (χ1n) is 9.71. The zero-order valence-corrected chi connectivity index (χ0v) is 14.7. The van der Waals surface area contributed by atoms with E-state index >= 15 is 0 Å². The Hall–Kier alpha value is -2.00. The molecule has 130 valence electrons. The Morgan fingerprint density at radius 1 is 0.800 bits per heavy atom. The van der Waals surface area contributed by atoms with Gasteiger partial charge < -0.3 is 15.4 Å². The maximum atomic E-state index is 6.49. The zero-order valence-electron chi connectivity index (χ0n) is 14.7. The smallest absolute Gasteiger partial charge is 0.123 e. The number of piperidine rings is 1. The Bertz CT molecular complexity index is 793. The van der Waals surface area contributed by atoms with Gasteiger partial charge >= 0.3 is 0 Å². The van der Waals surface area contributed by atoms with Crippen LogP contribution in [0.1, 0.15) is 36.8 Å². The number of anilines is 1. The van der Waals surface area contributed by atoms with Crippen molar-refractivity contribution in [3.8, 4) is 16.9 Å². The van der Waals surface area contributed by atoms with Crippen LogP contribution in [0.15, 0.2) is 36.4 Å². The van der Waals surface area contributed by atoms with E-state index in [0.29, 0.717) is 0 Å². The van der Waals surface area contributed by atoms with Crippen LogP contribution in [0.3, 0.4) is 0 Å². The van der Waals surface area contributed by atoms with E-state index in [1.54, 1.807) is 0 Å². The third-order valence-electron chi connectivity index (χ3n) is 6.13. The number of hydrogen-bond acceptors (Lipinski definition) is 3. The molecule has 1 spiro atoms. The number of fused-ring (bicyclic) bond motifs is 2. The molecule has 2 aromatic carbocycles. The average Bonchev–Trinajstić information content (AvgIpc) is 2.68. The summed E-state index contributed by atoms with van der Waals surface area (Å²) >= 11 is 0. The predicted octanol–water partition coefficient (Wildman–Crippen LogP) is 4.16. The molecule has 2 N–H and O–H groups in total. The van der Waals surface area contributed by atoms with Gasteiger partial charge in [-0.3, -0.25) is 0 Å². The van der Waals surface area contributed by atoms with Gasteiger partial charge in [-0.25, -0.2) is 0 Å². The average molecular weight is 334 g/mol. The third kappa shape index (κ3) is 2.81. The van der Waals surface area contributed by atoms with Gasteiger partial charge in [0.2, 0.25) is 0 Å². The first-order chi connectivity index (χ1) is 12.3. The standard InChI is InChI=1S/C22H26N2O/c1-2-18-14-16(3-5-20(18)24-11-1)17-4-6-21-19(15-17)7-8-22(25-21)9-12-23-13-10-22/h3-6,14-15,23-24H,1-2,7-13H2. The van der Waals surface area contributed by atoms with Crippen molar-refractivity contribution in [2.45, 2.75) is 44.1 Å². The Morgan fingerprint density at radius 3 is 2.48 bits per heavy atom. The molecule has 1 fully saturated rings. The minimum absolute atomic E-state index is 0.0806. The van der Waals surface area contributed by atoms with Crippen LogP contribution in [0.25, 0.3) is 11.1 Å². The molecule has 0 aliphatic carbocycles. The van der Waals surface area contributed by atoms with Crippen molar-refractivity contribution in [2.24, 2.45) is 0 Å². The second kappa shape index (κ2) is 6.06. The molecule has 3 nitrogen and oxygen atoms in total. The van der Waals surface area contributed by atoms with E-state index < -0.39 is 0 Å². The molecule has 3 heterocycles. The second-order valence-corrected chi connectivity index (χ2v) is 7.76. The number of nitrogens with one attached hydrogen (secondary N) is 2. The highest BCUT2D eigenvalue weighted by molar-refractivity contribution is 5.70. The summed E-state index contributed by atoms with van der Waals surface area (Å²) in [5.41, 5.74) is 6.86. The predicted molar refractivity (Wildman–Crippen MR) is 102 cm³/mol. The fourth-order valence-corrected chi connectivity index (χ4v) is 4.59. The summed E-state index contributed by atoms with van der Waals surface area (Å²) in [6, 6.07) is 13.6. The van der Waals surface area contributed by atoms with Crippen LogP contribution in [0.2, 0.25) is 0 Å². The third-order valence-corrected chi connectivity index (χ3v) is 6.13. The van der Waals surface area contributed by atoms with Crippen LogP contribution in [0.4, 0.5) is 5.69 Å². The van der Waals surface area contributed by atoms with Gasteiger partial charge in [0.25, 0.3) is 0 Å². The van der Waals surface area contributed by atoms with Crippen molar-refractivity contribution in [3.63, 3.8) is 0 Å². The van der Waals surface area contributed by atoms with Crippen molar-refractivity contribution >= 4 is 5.69 Å². The zero-order chi connectivity index (χ0) is 16.7. The van der Waals surface area contributed by atoms with Gasteiger partial charge in [-0.15, -0.1) is 0 Å². The van der Waals surface area contributed by atoms with E-state index in [1.807, 2.05) is 0 Å². The largest absolute Gasteiger partial charge is 0.487 e. The fourth-order valence-electron chi connectivity index (χ4n) is 4.59. The summed E-state index contributed by atoms with van der Waals surface area (Å²) in [7, 11) is 0. The molecule has 0 amide bonds. The Morgan fingerprint density at radius 2 is 1.60 bits per heavy atom. The summed E-state index contributed by atoms with van der Waals surface area (Å²) < 4.78 is 6.49. The van der Waals surface area contributed by atoms with E-state index in [4.69, 9.17) is 4.74 Å². The van der Waals surface area contributed by atoms with Crippen molar-refractivity contribution in [1.29, 1.82) is 0 Å². The van der Waals surface area contributed by atoms with Gasteiger partial charge in [-0.05, 0) is 98.1 Å². The molecule has 0 saturated carbocycles. The summed E-state index contributed by atoms with van der Waals surface area (Å²) in [5, 5.41) is 6.95. The molecule has 0 bridgehead atoms. The van der Waals surface area contributed by atoms with Gasteiger partial charge in [0.1, 0.15) is 11.4 Å². The van der Waals surface area contributed by atoms with E-state index in [1.165, 1.54) is 40.8 Å². The van der Waals surface area contributed by atoms with E-state index in [-0.39, 0.29) is 5.60 Å². The molecule has 2 aromatic rings. The molecule has 0 unspecified atom stereocenters. The van der Waals surface area contributed by atoms with Crippen molar-refractivity contribution < 1.29 is 4.74 Å². The van der Waals surface area contributed by atoms with Crippen LogP contribution in [-0.2, 0) is 12.8 Å². The lowest BCUT2D eigenvalue weighted by atomic mass is 9.83. The molecule has 1 saturated heterocycles. The fraction of sp³-hybridized carbons (Fsp3) is 0.455. The van der Waals surface area contributed by atoms with Crippen LogP contribution in [0.5, 0.6) is 5.75 Å². The van der Waals surface area contributed by atoms with Crippen LogP contribution < -0.4 is 15.4 Å². The van der Waals surface area contributed by atoms with Gasteiger partial charge in [-0.1, -0.05) is 12.1 Å². The lowest BCUT2D eigenvalue weighted by molar-refractivity contribution is 0.0170.